The van der Waals surface area contributed by atoms with E-state index in [4.69, 9.17) is 9.15 Å². The molecule has 0 atom stereocenters. The molecule has 0 aromatic carbocycles. The lowest BCUT2D eigenvalue weighted by Crippen LogP contribution is -2.25. The summed E-state index contributed by atoms with van der Waals surface area (Å²) in [6.45, 7) is 2.56. The second-order valence-corrected chi connectivity index (χ2v) is 7.26. The van der Waals surface area contributed by atoms with Gasteiger partial charge in [-0.15, -0.1) is 0 Å². The molecule has 0 aliphatic heterocycles. The van der Waals surface area contributed by atoms with Crippen molar-refractivity contribution >= 4 is 21.4 Å². The highest BCUT2D eigenvalue weighted by Crippen LogP contribution is 2.15. The van der Waals surface area contributed by atoms with Crippen LogP contribution in [0.1, 0.15) is 17.9 Å². The number of hydrogen-bond donors (Lipinski definition) is 2. The van der Waals surface area contributed by atoms with E-state index in [0.717, 1.165) is 5.76 Å². The minimum absolute atomic E-state index is 0.0315. The zero-order valence-corrected chi connectivity index (χ0v) is 13.1. The van der Waals surface area contributed by atoms with E-state index in [1.165, 1.54) is 0 Å². The van der Waals surface area contributed by atoms with E-state index in [0.29, 0.717) is 36.7 Å². The number of sulfonamides is 1. The van der Waals surface area contributed by atoms with Gasteiger partial charge in [0.05, 0.1) is 6.26 Å². The first kappa shape index (κ1) is 16.0. The summed E-state index contributed by atoms with van der Waals surface area (Å²) >= 11 is 0.683. The van der Waals surface area contributed by atoms with E-state index >= 15 is 0 Å². The minimum atomic E-state index is -3.64. The van der Waals surface area contributed by atoms with Gasteiger partial charge in [-0.05, 0) is 25.5 Å². The number of aromatic nitrogens is 1. The van der Waals surface area contributed by atoms with Crippen LogP contribution >= 0.6 is 11.3 Å². The molecule has 7 nitrogen and oxygen atoms in total. The molecule has 0 saturated heterocycles. The van der Waals surface area contributed by atoms with Gasteiger partial charge in [0.25, 0.3) is 10.0 Å². The first-order valence-electron chi connectivity index (χ1n) is 6.28. The molecule has 116 valence electrons. The molecule has 0 bridgehead atoms. The Hall–Kier alpha value is -1.42. The molecule has 0 radical (unpaired) electrons. The van der Waals surface area contributed by atoms with Crippen molar-refractivity contribution in [1.82, 2.24) is 9.71 Å². The zero-order chi connectivity index (χ0) is 15.3. The van der Waals surface area contributed by atoms with Crippen molar-refractivity contribution in [3.8, 4) is 0 Å². The molecule has 0 aliphatic rings. The highest BCUT2D eigenvalue weighted by atomic mass is 32.2. The van der Waals surface area contributed by atoms with Crippen LogP contribution in [0.15, 0.2) is 31.8 Å². The van der Waals surface area contributed by atoms with Crippen molar-refractivity contribution in [2.24, 2.45) is 0 Å². The maximum Gasteiger partial charge on any atom is 0.305 e. The number of hydrogen-bond acceptors (Lipinski definition) is 6. The number of thiazole rings is 1. The molecule has 0 saturated carbocycles. The fourth-order valence-corrected chi connectivity index (χ4v) is 4.08. The van der Waals surface area contributed by atoms with Gasteiger partial charge in [-0.1, -0.05) is 11.3 Å². The van der Waals surface area contributed by atoms with Crippen LogP contribution in [-0.4, -0.2) is 26.6 Å². The van der Waals surface area contributed by atoms with Crippen molar-refractivity contribution < 1.29 is 17.6 Å². The predicted octanol–water partition coefficient (Wildman–Crippen LogP) is 1.22. The van der Waals surface area contributed by atoms with Gasteiger partial charge in [0.2, 0.25) is 0 Å². The number of nitrogens with one attached hydrogen (secondary N) is 2. The molecule has 0 spiro atoms. The highest BCUT2D eigenvalue weighted by Gasteiger charge is 2.19. The summed E-state index contributed by atoms with van der Waals surface area (Å²) in [7, 11) is -3.64. The number of H-pyrrole nitrogens is 1. The lowest BCUT2D eigenvalue weighted by Gasteiger charge is -2.05. The summed E-state index contributed by atoms with van der Waals surface area (Å²) in [5.74, 6) is 0.725. The lowest BCUT2D eigenvalue weighted by atomic mass is 10.4. The van der Waals surface area contributed by atoms with Gasteiger partial charge in [-0.3, -0.25) is 4.79 Å². The summed E-state index contributed by atoms with van der Waals surface area (Å²) in [5, 5.41) is 0. The van der Waals surface area contributed by atoms with Crippen molar-refractivity contribution in [1.29, 1.82) is 0 Å². The largest absolute Gasteiger partial charge is 0.467 e. The van der Waals surface area contributed by atoms with E-state index < -0.39 is 10.0 Å². The SMILES string of the molecule is Cc1[nH]c(=O)sc1S(=O)(=O)NCCCOCc1ccco1. The smallest absolute Gasteiger partial charge is 0.305 e. The molecule has 2 N–H and O–H groups in total. The Morgan fingerprint density at radius 1 is 1.48 bits per heavy atom. The third kappa shape index (κ3) is 4.53. The third-order valence-corrected chi connectivity index (χ3v) is 5.67. The molecule has 21 heavy (non-hydrogen) atoms. The third-order valence-electron chi connectivity index (χ3n) is 2.61. The van der Waals surface area contributed by atoms with Gasteiger partial charge in [0.15, 0.2) is 4.21 Å². The maximum absolute atomic E-state index is 12.0. The Labute approximate surface area is 126 Å². The van der Waals surface area contributed by atoms with Gasteiger partial charge in [0, 0.05) is 18.8 Å². The van der Waals surface area contributed by atoms with E-state index in [9.17, 15) is 13.2 Å². The molecule has 2 rings (SSSR count). The van der Waals surface area contributed by atoms with Crippen LogP contribution in [-0.2, 0) is 21.4 Å². The fraction of sp³-hybridized carbons (Fsp3) is 0.417. The summed E-state index contributed by atoms with van der Waals surface area (Å²) in [4.78, 5) is 13.2. The summed E-state index contributed by atoms with van der Waals surface area (Å²) in [6, 6.07) is 3.58. The van der Waals surface area contributed by atoms with Gasteiger partial charge >= 0.3 is 4.87 Å². The number of aromatic amines is 1. The van der Waals surface area contributed by atoms with E-state index in [1.807, 2.05) is 0 Å². The van der Waals surface area contributed by atoms with Crippen molar-refractivity contribution in [2.45, 2.75) is 24.2 Å². The van der Waals surface area contributed by atoms with Crippen LogP contribution in [0.2, 0.25) is 0 Å². The van der Waals surface area contributed by atoms with E-state index in [2.05, 4.69) is 9.71 Å². The minimum Gasteiger partial charge on any atom is -0.467 e. The van der Waals surface area contributed by atoms with Gasteiger partial charge < -0.3 is 14.1 Å². The van der Waals surface area contributed by atoms with Gasteiger partial charge in [0.1, 0.15) is 12.4 Å². The second kappa shape index (κ2) is 7.03. The fourth-order valence-electron chi connectivity index (χ4n) is 1.66. The van der Waals surface area contributed by atoms with Gasteiger partial charge in [-0.2, -0.15) is 0 Å². The molecular formula is C12H16N2O5S2. The van der Waals surface area contributed by atoms with Crippen LogP contribution < -0.4 is 9.60 Å². The summed E-state index contributed by atoms with van der Waals surface area (Å²) < 4.78 is 36.9. The van der Waals surface area contributed by atoms with Crippen LogP contribution in [0.5, 0.6) is 0 Å². The van der Waals surface area contributed by atoms with Crippen LogP contribution in [0.3, 0.4) is 0 Å². The summed E-state index contributed by atoms with van der Waals surface area (Å²) in [6.07, 6.45) is 2.09. The average molecular weight is 332 g/mol. The van der Waals surface area contributed by atoms with Crippen LogP contribution in [0, 0.1) is 6.92 Å². The predicted molar refractivity (Wildman–Crippen MR) is 77.8 cm³/mol. The lowest BCUT2D eigenvalue weighted by molar-refractivity contribution is 0.105. The summed E-state index contributed by atoms with van der Waals surface area (Å²) in [5.41, 5.74) is 0.353. The quantitative estimate of drug-likeness (QED) is 0.708. The normalized spacial score (nSPS) is 11.9. The zero-order valence-electron chi connectivity index (χ0n) is 11.4. The highest BCUT2D eigenvalue weighted by molar-refractivity contribution is 7.91. The molecule has 9 heteroatoms. The van der Waals surface area contributed by atoms with Crippen molar-refractivity contribution in [2.75, 3.05) is 13.2 Å². The molecule has 0 fully saturated rings. The molecule has 2 aromatic heterocycles. The first-order chi connectivity index (χ1) is 9.99. The Morgan fingerprint density at radius 3 is 2.90 bits per heavy atom. The molecule has 2 aromatic rings. The topological polar surface area (TPSA) is 101 Å². The molecule has 2 heterocycles. The maximum atomic E-state index is 12.0. The van der Waals surface area contributed by atoms with E-state index in [1.54, 1.807) is 25.3 Å². The van der Waals surface area contributed by atoms with Gasteiger partial charge in [-0.25, -0.2) is 13.1 Å². The molecular weight excluding hydrogens is 316 g/mol. The Balaban J connectivity index is 1.73. The average Bonchev–Trinajstić information content (AvgIpc) is 3.03. The Morgan fingerprint density at radius 2 is 2.29 bits per heavy atom. The Bertz CT molecular complexity index is 715. The number of ether oxygens (including phenoxy) is 1. The van der Waals surface area contributed by atoms with Crippen molar-refractivity contribution in [3.63, 3.8) is 0 Å². The number of aryl methyl sites for hydroxylation is 1. The number of rotatable bonds is 8. The standard InChI is InChI=1S/C12H16N2O5S2/c1-9-11(20-12(15)14-9)21(16,17)13-5-3-6-18-8-10-4-2-7-19-10/h2,4,7,13H,3,5-6,8H2,1H3,(H,14,15). The van der Waals surface area contributed by atoms with E-state index in [-0.39, 0.29) is 15.6 Å². The van der Waals surface area contributed by atoms with Crippen LogP contribution in [0.4, 0.5) is 0 Å². The molecule has 0 amide bonds. The Kier molecular flexibility index (Phi) is 5.34. The van der Waals surface area contributed by atoms with Crippen LogP contribution in [0.25, 0.3) is 0 Å². The monoisotopic (exact) mass is 332 g/mol. The molecule has 0 unspecified atom stereocenters. The number of furan rings is 1. The molecule has 0 aliphatic carbocycles. The van der Waals surface area contributed by atoms with Crippen molar-refractivity contribution in [3.05, 3.63) is 39.5 Å². The first-order valence-corrected chi connectivity index (χ1v) is 8.58. The second-order valence-electron chi connectivity index (χ2n) is 4.31.